The molecule has 0 bridgehead atoms. The lowest BCUT2D eigenvalue weighted by Crippen LogP contribution is -2.00. The van der Waals surface area contributed by atoms with Crippen molar-refractivity contribution >= 4 is 11.9 Å². The van der Waals surface area contributed by atoms with Crippen molar-refractivity contribution in [1.29, 1.82) is 0 Å². The van der Waals surface area contributed by atoms with Crippen molar-refractivity contribution in [2.45, 2.75) is 39.0 Å². The zero-order chi connectivity index (χ0) is 9.40. The molecule has 12 heavy (non-hydrogen) atoms. The average molecular weight is 170 g/mol. The van der Waals surface area contributed by atoms with E-state index >= 15 is 0 Å². The van der Waals surface area contributed by atoms with Crippen molar-refractivity contribution < 1.29 is 14.7 Å². The van der Waals surface area contributed by atoms with Crippen LogP contribution in [0.5, 0.6) is 0 Å². The fourth-order valence-corrected chi connectivity index (χ4v) is 0.930. The maximum Gasteiger partial charge on any atom is 0.342 e. The molecule has 1 N–H and O–H groups in total. The summed E-state index contributed by atoms with van der Waals surface area (Å²) in [6, 6.07) is 0. The number of rotatable bonds is 6. The summed E-state index contributed by atoms with van der Waals surface area (Å²) in [6.45, 7) is 2.08. The highest BCUT2D eigenvalue weighted by Crippen LogP contribution is 2.07. The van der Waals surface area contributed by atoms with E-state index in [0.717, 1.165) is 25.7 Å². The minimum absolute atomic E-state index is 0.133. The van der Waals surface area contributed by atoms with Crippen molar-refractivity contribution in [2.75, 3.05) is 0 Å². The third-order valence-corrected chi connectivity index (χ3v) is 1.66. The van der Waals surface area contributed by atoms with E-state index in [1.807, 2.05) is 0 Å². The normalized spacial score (nSPS) is 9.08. The summed E-state index contributed by atoms with van der Waals surface area (Å²) in [5.41, 5.74) is -0.133. The van der Waals surface area contributed by atoms with Crippen molar-refractivity contribution in [3.8, 4) is 0 Å². The Morgan fingerprint density at radius 3 is 2.42 bits per heavy atom. The van der Waals surface area contributed by atoms with E-state index in [-0.39, 0.29) is 5.57 Å². The Morgan fingerprint density at radius 1 is 1.33 bits per heavy atom. The Kier molecular flexibility index (Phi) is 6.02. The van der Waals surface area contributed by atoms with Gasteiger partial charge in [0.05, 0.1) is 0 Å². The molecule has 3 heteroatoms. The van der Waals surface area contributed by atoms with Crippen LogP contribution in [0.3, 0.4) is 0 Å². The molecule has 0 radical (unpaired) electrons. The molecule has 0 aromatic heterocycles. The molecular formula is C9H14O3. The Labute approximate surface area is 72.1 Å². The molecule has 0 unspecified atom stereocenters. The number of aliphatic carboxylic acids is 1. The van der Waals surface area contributed by atoms with Gasteiger partial charge in [-0.1, -0.05) is 26.2 Å². The molecule has 0 saturated heterocycles. The third kappa shape index (κ3) is 4.69. The van der Waals surface area contributed by atoms with Gasteiger partial charge >= 0.3 is 5.97 Å². The minimum atomic E-state index is -1.14. The highest BCUT2D eigenvalue weighted by molar-refractivity contribution is 5.95. The predicted molar refractivity (Wildman–Crippen MR) is 45.6 cm³/mol. The SMILES string of the molecule is CCCCCCC(=C=O)C(=O)O. The second-order valence-corrected chi connectivity index (χ2v) is 2.70. The fourth-order valence-electron chi connectivity index (χ4n) is 0.930. The molecule has 0 aliphatic heterocycles. The lowest BCUT2D eigenvalue weighted by atomic mass is 10.1. The molecular weight excluding hydrogens is 156 g/mol. The van der Waals surface area contributed by atoms with Crippen molar-refractivity contribution in [3.05, 3.63) is 5.57 Å². The Hall–Kier alpha value is -1.08. The van der Waals surface area contributed by atoms with Gasteiger partial charge in [0, 0.05) is 0 Å². The topological polar surface area (TPSA) is 54.4 Å². The van der Waals surface area contributed by atoms with Gasteiger partial charge in [0.15, 0.2) is 0 Å². The van der Waals surface area contributed by atoms with Crippen molar-refractivity contribution in [1.82, 2.24) is 0 Å². The maximum atomic E-state index is 10.3. The lowest BCUT2D eigenvalue weighted by molar-refractivity contribution is -0.132. The first-order chi connectivity index (χ1) is 5.72. The molecule has 0 saturated carbocycles. The molecule has 0 aromatic carbocycles. The number of hydrogen-bond acceptors (Lipinski definition) is 2. The summed E-state index contributed by atoms with van der Waals surface area (Å²) in [5, 5.41) is 8.43. The molecule has 0 fully saturated rings. The summed E-state index contributed by atoms with van der Waals surface area (Å²) in [4.78, 5) is 20.4. The van der Waals surface area contributed by atoms with Gasteiger partial charge in [0.2, 0.25) is 0 Å². The number of unbranched alkanes of at least 4 members (excludes halogenated alkanes) is 3. The zero-order valence-electron chi connectivity index (χ0n) is 7.30. The first kappa shape index (κ1) is 10.9. The molecule has 0 amide bonds. The number of hydrogen-bond donors (Lipinski definition) is 1. The van der Waals surface area contributed by atoms with Crippen LogP contribution in [-0.4, -0.2) is 17.0 Å². The van der Waals surface area contributed by atoms with Crippen LogP contribution in [0.25, 0.3) is 0 Å². The Bertz CT molecular complexity index is 190. The second-order valence-electron chi connectivity index (χ2n) is 2.70. The first-order valence-electron chi connectivity index (χ1n) is 4.19. The Morgan fingerprint density at radius 2 is 2.00 bits per heavy atom. The van der Waals surface area contributed by atoms with Gasteiger partial charge in [-0.2, -0.15) is 0 Å². The quantitative estimate of drug-likeness (QED) is 0.375. The van der Waals surface area contributed by atoms with Crippen molar-refractivity contribution in [3.63, 3.8) is 0 Å². The summed E-state index contributed by atoms with van der Waals surface area (Å²) in [7, 11) is 0. The van der Waals surface area contributed by atoms with Gasteiger partial charge in [-0.25, -0.2) is 9.59 Å². The second kappa shape index (κ2) is 6.62. The largest absolute Gasteiger partial charge is 0.477 e. The van der Waals surface area contributed by atoms with Crippen LogP contribution in [0, 0.1) is 0 Å². The number of carbonyl (C=O) groups excluding carboxylic acids is 1. The van der Waals surface area contributed by atoms with Gasteiger partial charge in [0.1, 0.15) is 11.5 Å². The molecule has 68 valence electrons. The maximum absolute atomic E-state index is 10.3. The Balaban J connectivity index is 3.61. The summed E-state index contributed by atoms with van der Waals surface area (Å²) in [5.74, 6) is 0.308. The molecule has 0 aromatic rings. The van der Waals surface area contributed by atoms with E-state index in [9.17, 15) is 9.59 Å². The van der Waals surface area contributed by atoms with Crippen LogP contribution in [0.2, 0.25) is 0 Å². The lowest BCUT2D eigenvalue weighted by Gasteiger charge is -1.96. The predicted octanol–water partition coefficient (Wildman–Crippen LogP) is 1.80. The smallest absolute Gasteiger partial charge is 0.342 e. The molecule has 3 nitrogen and oxygen atoms in total. The molecule has 0 atom stereocenters. The highest BCUT2D eigenvalue weighted by Gasteiger charge is 2.06. The molecule has 0 spiro atoms. The number of carbonyl (C=O) groups is 1. The van der Waals surface area contributed by atoms with E-state index in [2.05, 4.69) is 6.92 Å². The third-order valence-electron chi connectivity index (χ3n) is 1.66. The summed E-state index contributed by atoms with van der Waals surface area (Å²) in [6.07, 6.45) is 4.29. The van der Waals surface area contributed by atoms with Gasteiger partial charge in [-0.05, 0) is 12.8 Å². The summed E-state index contributed by atoms with van der Waals surface area (Å²) < 4.78 is 0. The van der Waals surface area contributed by atoms with E-state index in [1.54, 1.807) is 0 Å². The fraction of sp³-hybridized carbons (Fsp3) is 0.667. The van der Waals surface area contributed by atoms with Gasteiger partial charge in [0.25, 0.3) is 0 Å². The van der Waals surface area contributed by atoms with E-state index < -0.39 is 5.97 Å². The number of carboxylic acid groups (broad SMARTS) is 1. The van der Waals surface area contributed by atoms with Crippen LogP contribution in [0.4, 0.5) is 0 Å². The first-order valence-corrected chi connectivity index (χ1v) is 4.19. The standard InChI is InChI=1S/C9H14O3/c1-2-3-4-5-6-8(7-10)9(11)12/h2-6H2,1H3,(H,11,12). The van der Waals surface area contributed by atoms with Crippen LogP contribution < -0.4 is 0 Å². The van der Waals surface area contributed by atoms with Crippen LogP contribution >= 0.6 is 0 Å². The van der Waals surface area contributed by atoms with E-state index in [4.69, 9.17) is 5.11 Å². The van der Waals surface area contributed by atoms with Crippen LogP contribution in [0.15, 0.2) is 5.57 Å². The van der Waals surface area contributed by atoms with Crippen molar-refractivity contribution in [2.24, 2.45) is 0 Å². The average Bonchev–Trinajstić information content (AvgIpc) is 2.04. The molecule has 0 heterocycles. The van der Waals surface area contributed by atoms with Crippen LogP contribution in [-0.2, 0) is 9.59 Å². The van der Waals surface area contributed by atoms with Gasteiger partial charge in [-0.3, -0.25) is 0 Å². The molecule has 0 aliphatic rings. The van der Waals surface area contributed by atoms with Gasteiger partial charge < -0.3 is 5.11 Å². The van der Waals surface area contributed by atoms with Gasteiger partial charge in [-0.15, -0.1) is 0 Å². The molecule has 0 rings (SSSR count). The van der Waals surface area contributed by atoms with Crippen LogP contribution in [0.1, 0.15) is 39.0 Å². The minimum Gasteiger partial charge on any atom is -0.477 e. The zero-order valence-corrected chi connectivity index (χ0v) is 7.30. The van der Waals surface area contributed by atoms with E-state index in [1.165, 1.54) is 5.94 Å². The summed E-state index contributed by atoms with van der Waals surface area (Å²) >= 11 is 0. The highest BCUT2D eigenvalue weighted by atomic mass is 16.4. The number of carboxylic acids is 1. The molecule has 0 aliphatic carbocycles. The van der Waals surface area contributed by atoms with E-state index in [0.29, 0.717) is 6.42 Å². The monoisotopic (exact) mass is 170 g/mol.